The highest BCUT2D eigenvalue weighted by Crippen LogP contribution is 2.22. The van der Waals surface area contributed by atoms with Gasteiger partial charge >= 0.3 is 0 Å². The molecule has 21 heavy (non-hydrogen) atoms. The first-order chi connectivity index (χ1) is 10.1. The molecule has 0 unspecified atom stereocenters. The Morgan fingerprint density at radius 1 is 1.43 bits per heavy atom. The molecule has 2 N–H and O–H groups in total. The molecule has 112 valence electrons. The zero-order chi connectivity index (χ0) is 15.2. The summed E-state index contributed by atoms with van der Waals surface area (Å²) in [5.74, 6) is -0.821. The Labute approximate surface area is 125 Å². The molecule has 1 aromatic heterocycles. The number of nitrogens with zero attached hydrogens (tertiary/aromatic N) is 2. The minimum atomic E-state index is -0.488. The minimum Gasteiger partial charge on any atom is -0.494 e. The molecule has 0 bridgehead atoms. The van der Waals surface area contributed by atoms with Crippen molar-refractivity contribution in [1.82, 2.24) is 10.2 Å². The van der Waals surface area contributed by atoms with E-state index in [1.165, 1.54) is 25.3 Å². The summed E-state index contributed by atoms with van der Waals surface area (Å²) in [6.45, 7) is 2.80. The van der Waals surface area contributed by atoms with Gasteiger partial charge in [0.1, 0.15) is 0 Å². The van der Waals surface area contributed by atoms with E-state index in [-0.39, 0.29) is 10.8 Å². The highest BCUT2D eigenvalue weighted by atomic mass is 32.1. The van der Waals surface area contributed by atoms with Crippen LogP contribution in [-0.2, 0) is 0 Å². The van der Waals surface area contributed by atoms with Crippen LogP contribution in [0.25, 0.3) is 0 Å². The zero-order valence-electron chi connectivity index (χ0n) is 11.6. The van der Waals surface area contributed by atoms with Crippen LogP contribution >= 0.6 is 11.3 Å². The third kappa shape index (κ3) is 3.88. The minimum absolute atomic E-state index is 0.0652. The molecule has 6 nitrogen and oxygen atoms in total. The van der Waals surface area contributed by atoms with Crippen molar-refractivity contribution in [3.05, 3.63) is 29.0 Å². The van der Waals surface area contributed by atoms with E-state index in [0.29, 0.717) is 10.8 Å². The van der Waals surface area contributed by atoms with Gasteiger partial charge in [0.25, 0.3) is 5.91 Å². The van der Waals surface area contributed by atoms with Gasteiger partial charge in [0, 0.05) is 18.3 Å². The van der Waals surface area contributed by atoms with E-state index < -0.39 is 11.7 Å². The van der Waals surface area contributed by atoms with E-state index in [0.717, 1.165) is 24.3 Å². The van der Waals surface area contributed by atoms with E-state index in [1.807, 2.05) is 6.92 Å². The number of nitrogens with one attached hydrogen (secondary N) is 2. The number of ether oxygens (including phenoxy) is 1. The summed E-state index contributed by atoms with van der Waals surface area (Å²) in [6, 6.07) is 4.08. The molecular weight excluding hydrogens is 295 g/mol. The maximum absolute atomic E-state index is 13.3. The summed E-state index contributed by atoms with van der Waals surface area (Å²) in [5, 5.41) is 14.2. The zero-order valence-corrected chi connectivity index (χ0v) is 12.5. The van der Waals surface area contributed by atoms with Crippen LogP contribution in [0.3, 0.4) is 0 Å². The number of halogens is 1. The maximum Gasteiger partial charge on any atom is 0.286 e. The average molecular weight is 310 g/mol. The van der Waals surface area contributed by atoms with Crippen LogP contribution < -0.4 is 15.4 Å². The first kappa shape index (κ1) is 15.2. The highest BCUT2D eigenvalue weighted by molar-refractivity contribution is 7.17. The summed E-state index contributed by atoms with van der Waals surface area (Å²) in [4.78, 5) is 12.0. The largest absolute Gasteiger partial charge is 0.494 e. The second kappa shape index (κ2) is 6.98. The van der Waals surface area contributed by atoms with Crippen LogP contribution in [0.4, 0.5) is 15.2 Å². The molecular formula is C13H15FN4O2S. The number of carbonyl (C=O) groups excluding carboxylic acids is 1. The summed E-state index contributed by atoms with van der Waals surface area (Å²) in [6.07, 6.45) is 0.955. The van der Waals surface area contributed by atoms with E-state index in [9.17, 15) is 9.18 Å². The number of benzene rings is 1. The monoisotopic (exact) mass is 310 g/mol. The molecule has 0 aliphatic carbocycles. The maximum atomic E-state index is 13.3. The van der Waals surface area contributed by atoms with Gasteiger partial charge in [-0.3, -0.25) is 4.79 Å². The van der Waals surface area contributed by atoms with Crippen LogP contribution in [0.5, 0.6) is 5.75 Å². The van der Waals surface area contributed by atoms with Gasteiger partial charge in [-0.25, -0.2) is 4.39 Å². The second-order valence-corrected chi connectivity index (χ2v) is 5.12. The van der Waals surface area contributed by atoms with Crippen molar-refractivity contribution >= 4 is 28.1 Å². The second-order valence-electron chi connectivity index (χ2n) is 4.14. The van der Waals surface area contributed by atoms with Crippen molar-refractivity contribution in [3.8, 4) is 5.75 Å². The molecule has 1 amide bonds. The molecule has 0 saturated heterocycles. The Bertz CT molecular complexity index is 632. The number of amides is 1. The third-order valence-electron chi connectivity index (χ3n) is 2.55. The lowest BCUT2D eigenvalue weighted by Gasteiger charge is -2.06. The standard InChI is InChI=1S/C13H15FN4O2S/c1-3-6-15-13-18-17-12(21-13)11(19)16-8-4-5-9(14)10(7-8)20-2/h4-5,7H,3,6H2,1-2H3,(H,15,18)(H,16,19). The molecule has 0 atom stereocenters. The van der Waals surface area contributed by atoms with Gasteiger partial charge in [0.05, 0.1) is 7.11 Å². The van der Waals surface area contributed by atoms with E-state index >= 15 is 0 Å². The van der Waals surface area contributed by atoms with Crippen LogP contribution in [0.15, 0.2) is 18.2 Å². The van der Waals surface area contributed by atoms with Crippen molar-refractivity contribution in [2.75, 3.05) is 24.3 Å². The van der Waals surface area contributed by atoms with Gasteiger partial charge in [0.2, 0.25) is 10.1 Å². The van der Waals surface area contributed by atoms with E-state index in [1.54, 1.807) is 0 Å². The van der Waals surface area contributed by atoms with Gasteiger partial charge in [-0.2, -0.15) is 0 Å². The molecule has 1 heterocycles. The molecule has 0 spiro atoms. The third-order valence-corrected chi connectivity index (χ3v) is 3.43. The number of methoxy groups -OCH3 is 1. The summed E-state index contributed by atoms with van der Waals surface area (Å²) >= 11 is 1.16. The first-order valence-corrected chi connectivity index (χ1v) is 7.18. The number of anilines is 2. The van der Waals surface area contributed by atoms with Gasteiger partial charge in [-0.05, 0) is 18.6 Å². The molecule has 0 fully saturated rings. The van der Waals surface area contributed by atoms with Crippen LogP contribution in [-0.4, -0.2) is 29.8 Å². The van der Waals surface area contributed by atoms with E-state index in [2.05, 4.69) is 20.8 Å². The quantitative estimate of drug-likeness (QED) is 0.858. The molecule has 0 radical (unpaired) electrons. The van der Waals surface area contributed by atoms with Crippen molar-refractivity contribution in [1.29, 1.82) is 0 Å². The smallest absolute Gasteiger partial charge is 0.286 e. The first-order valence-electron chi connectivity index (χ1n) is 6.36. The summed E-state index contributed by atoms with van der Waals surface area (Å²) < 4.78 is 18.1. The highest BCUT2D eigenvalue weighted by Gasteiger charge is 2.14. The predicted molar refractivity (Wildman–Crippen MR) is 79.6 cm³/mol. The fraction of sp³-hybridized carbons (Fsp3) is 0.308. The van der Waals surface area contributed by atoms with Gasteiger partial charge < -0.3 is 15.4 Å². The molecule has 1 aromatic carbocycles. The lowest BCUT2D eigenvalue weighted by molar-refractivity contribution is 0.102. The molecule has 2 rings (SSSR count). The fourth-order valence-corrected chi connectivity index (χ4v) is 2.20. The summed E-state index contributed by atoms with van der Waals surface area (Å²) in [5.41, 5.74) is 0.427. The van der Waals surface area contributed by atoms with Crippen LogP contribution in [0.1, 0.15) is 23.1 Å². The van der Waals surface area contributed by atoms with Gasteiger partial charge in [0.15, 0.2) is 11.6 Å². The normalized spacial score (nSPS) is 10.2. The Morgan fingerprint density at radius 2 is 2.24 bits per heavy atom. The van der Waals surface area contributed by atoms with Crippen molar-refractivity contribution < 1.29 is 13.9 Å². The van der Waals surface area contributed by atoms with Crippen LogP contribution in [0.2, 0.25) is 0 Å². The Morgan fingerprint density at radius 3 is 2.95 bits per heavy atom. The molecule has 8 heteroatoms. The number of aromatic nitrogens is 2. The Hall–Kier alpha value is -2.22. The van der Waals surface area contributed by atoms with Crippen LogP contribution in [0, 0.1) is 5.82 Å². The molecule has 0 aliphatic heterocycles. The molecule has 0 saturated carbocycles. The topological polar surface area (TPSA) is 76.1 Å². The Balaban J connectivity index is 2.05. The fourth-order valence-electron chi connectivity index (χ4n) is 1.54. The molecule has 0 aliphatic rings. The number of rotatable bonds is 6. The SMILES string of the molecule is CCCNc1nnc(C(=O)Nc2ccc(F)c(OC)c2)s1. The van der Waals surface area contributed by atoms with Gasteiger partial charge in [-0.15, -0.1) is 10.2 Å². The van der Waals surface area contributed by atoms with Crippen molar-refractivity contribution in [3.63, 3.8) is 0 Å². The average Bonchev–Trinajstić information content (AvgIpc) is 2.96. The van der Waals surface area contributed by atoms with E-state index in [4.69, 9.17) is 4.74 Å². The number of hydrogen-bond donors (Lipinski definition) is 2. The van der Waals surface area contributed by atoms with Crippen molar-refractivity contribution in [2.24, 2.45) is 0 Å². The lowest BCUT2D eigenvalue weighted by Crippen LogP contribution is -2.11. The lowest BCUT2D eigenvalue weighted by atomic mass is 10.3. The number of hydrogen-bond acceptors (Lipinski definition) is 6. The summed E-state index contributed by atoms with van der Waals surface area (Å²) in [7, 11) is 1.36. The number of carbonyl (C=O) groups is 1. The Kier molecular flexibility index (Phi) is 5.04. The van der Waals surface area contributed by atoms with Gasteiger partial charge in [-0.1, -0.05) is 18.3 Å². The predicted octanol–water partition coefficient (Wildman–Crippen LogP) is 2.76. The molecule has 2 aromatic rings. The van der Waals surface area contributed by atoms with Crippen molar-refractivity contribution in [2.45, 2.75) is 13.3 Å².